The summed E-state index contributed by atoms with van der Waals surface area (Å²) >= 11 is -1.07. The number of hydrogen-bond donors (Lipinski definition) is 1. The molecule has 0 aromatic heterocycles. The van der Waals surface area contributed by atoms with E-state index in [1.807, 2.05) is 32.1 Å². The molecule has 2 rings (SSSR count). The van der Waals surface area contributed by atoms with Gasteiger partial charge < -0.3 is 9.96 Å². The van der Waals surface area contributed by atoms with Crippen LogP contribution in [0, 0.1) is 11.3 Å². The van der Waals surface area contributed by atoms with Crippen LogP contribution in [0.15, 0.2) is 81.6 Å². The van der Waals surface area contributed by atoms with Crippen LogP contribution in [0.3, 0.4) is 0 Å². The van der Waals surface area contributed by atoms with E-state index in [0.29, 0.717) is 29.9 Å². The van der Waals surface area contributed by atoms with Crippen molar-refractivity contribution < 1.29 is 8.94 Å². The number of allylic oxidation sites excluding steroid dienone is 12. The lowest BCUT2D eigenvalue weighted by Gasteiger charge is -2.19. The zero-order chi connectivity index (χ0) is 20.1. The van der Waals surface area contributed by atoms with Gasteiger partial charge in [-0.05, 0) is 66.4 Å². The summed E-state index contributed by atoms with van der Waals surface area (Å²) in [5.41, 5.74) is 6.25. The molecule has 2 aliphatic carbocycles. The first kappa shape index (κ1) is 21.4. The van der Waals surface area contributed by atoms with Gasteiger partial charge in [0, 0.05) is 24.5 Å². The number of nitrogens with one attached hydrogen (secondary N) is 1. The largest absolute Gasteiger partial charge is 0.612 e. The van der Waals surface area contributed by atoms with Crippen LogP contribution in [0.2, 0.25) is 0 Å². The van der Waals surface area contributed by atoms with Crippen molar-refractivity contribution in [1.82, 2.24) is 0 Å². The lowest BCUT2D eigenvalue weighted by atomic mass is 9.85. The van der Waals surface area contributed by atoms with Crippen LogP contribution in [0.25, 0.3) is 0 Å². The summed E-state index contributed by atoms with van der Waals surface area (Å²) in [4.78, 5) is 0.684. The summed E-state index contributed by atoms with van der Waals surface area (Å²) in [5, 5.41) is 8.09. The predicted octanol–water partition coefficient (Wildman–Crippen LogP) is 6.26. The molecule has 0 saturated heterocycles. The van der Waals surface area contributed by atoms with Gasteiger partial charge in [0.05, 0.1) is 0 Å². The minimum absolute atomic E-state index is 0.0309. The molecule has 0 heterocycles. The maximum Gasteiger partial charge on any atom is 0.151 e. The zero-order valence-electron chi connectivity index (χ0n) is 16.6. The van der Waals surface area contributed by atoms with E-state index in [2.05, 4.69) is 19.6 Å². The number of halogens is 1. The maximum atomic E-state index is 13.9. The summed E-state index contributed by atoms with van der Waals surface area (Å²) in [6.45, 7) is 9.75. The van der Waals surface area contributed by atoms with E-state index in [1.165, 1.54) is 0 Å². The molecule has 4 heteroatoms. The van der Waals surface area contributed by atoms with E-state index in [9.17, 15) is 8.94 Å². The number of hydrogen-bond acceptors (Lipinski definition) is 2. The van der Waals surface area contributed by atoms with E-state index < -0.39 is 11.2 Å². The Morgan fingerprint density at radius 3 is 2.70 bits per heavy atom. The van der Waals surface area contributed by atoms with Crippen molar-refractivity contribution in [3.63, 3.8) is 0 Å². The molecular formula is C23H28FNOS. The zero-order valence-corrected chi connectivity index (χ0v) is 17.4. The van der Waals surface area contributed by atoms with Gasteiger partial charge in [0.25, 0.3) is 0 Å². The van der Waals surface area contributed by atoms with Gasteiger partial charge in [-0.3, -0.25) is 0 Å². The highest BCUT2D eigenvalue weighted by atomic mass is 32.2. The van der Waals surface area contributed by atoms with Crippen molar-refractivity contribution >= 4 is 16.9 Å². The molecule has 27 heavy (non-hydrogen) atoms. The SMILES string of the molecule is C=C\C(=C/C=C(C)/C=C1\C2=CC=C(F)CC2C(CC(=N)CC)=C1C)[S+](C)[O-]. The Hall–Kier alpha value is -1.91. The molecule has 0 saturated carbocycles. The molecule has 0 radical (unpaired) electrons. The highest BCUT2D eigenvalue weighted by Crippen LogP contribution is 2.47. The van der Waals surface area contributed by atoms with Crippen LogP contribution in [0.5, 0.6) is 0 Å². The van der Waals surface area contributed by atoms with Gasteiger partial charge in [0.1, 0.15) is 12.1 Å². The highest BCUT2D eigenvalue weighted by molar-refractivity contribution is 7.94. The lowest BCUT2D eigenvalue weighted by molar-refractivity contribution is 0.538. The second-order valence-electron chi connectivity index (χ2n) is 6.97. The molecule has 2 nitrogen and oxygen atoms in total. The lowest BCUT2D eigenvalue weighted by Crippen LogP contribution is -2.09. The molecule has 2 unspecified atom stereocenters. The molecule has 0 aromatic rings. The number of rotatable bonds is 7. The van der Waals surface area contributed by atoms with Gasteiger partial charge in [-0.25, -0.2) is 4.39 Å². The average Bonchev–Trinajstić information content (AvgIpc) is 2.86. The fourth-order valence-corrected chi connectivity index (χ4v) is 3.98. The third kappa shape index (κ3) is 5.08. The summed E-state index contributed by atoms with van der Waals surface area (Å²) in [6, 6.07) is 0. The normalized spacial score (nSPS) is 23.2. The van der Waals surface area contributed by atoms with Gasteiger partial charge >= 0.3 is 0 Å². The van der Waals surface area contributed by atoms with Gasteiger partial charge in [-0.1, -0.05) is 42.9 Å². The second-order valence-corrected chi connectivity index (χ2v) is 8.35. The molecular weight excluding hydrogens is 357 g/mol. The Morgan fingerprint density at radius 2 is 2.11 bits per heavy atom. The minimum atomic E-state index is -1.07. The van der Waals surface area contributed by atoms with Crippen molar-refractivity contribution in [2.75, 3.05) is 6.26 Å². The van der Waals surface area contributed by atoms with Crippen LogP contribution >= 0.6 is 0 Å². The summed E-state index contributed by atoms with van der Waals surface area (Å²) in [7, 11) is 0. The van der Waals surface area contributed by atoms with E-state index in [0.717, 1.165) is 27.9 Å². The van der Waals surface area contributed by atoms with Crippen molar-refractivity contribution in [2.24, 2.45) is 5.92 Å². The van der Waals surface area contributed by atoms with Crippen LogP contribution in [0.1, 0.15) is 40.0 Å². The molecule has 2 aliphatic rings. The minimum Gasteiger partial charge on any atom is -0.612 e. The van der Waals surface area contributed by atoms with Crippen molar-refractivity contribution in [2.45, 2.75) is 40.0 Å². The highest BCUT2D eigenvalue weighted by Gasteiger charge is 2.34. The van der Waals surface area contributed by atoms with E-state index >= 15 is 0 Å². The van der Waals surface area contributed by atoms with Gasteiger partial charge in [-0.2, -0.15) is 0 Å². The number of fused-ring (bicyclic) bond motifs is 1. The van der Waals surface area contributed by atoms with Crippen LogP contribution < -0.4 is 0 Å². The van der Waals surface area contributed by atoms with Crippen LogP contribution in [0.4, 0.5) is 4.39 Å². The third-order valence-electron chi connectivity index (χ3n) is 5.08. The van der Waals surface area contributed by atoms with E-state index in [-0.39, 0.29) is 11.7 Å². The first-order valence-electron chi connectivity index (χ1n) is 9.17. The smallest absolute Gasteiger partial charge is 0.151 e. The van der Waals surface area contributed by atoms with Crippen molar-refractivity contribution in [3.8, 4) is 0 Å². The molecule has 0 amide bonds. The Kier molecular flexibility index (Phi) is 7.40. The van der Waals surface area contributed by atoms with E-state index in [1.54, 1.807) is 18.4 Å². The van der Waals surface area contributed by atoms with Crippen LogP contribution in [-0.2, 0) is 11.2 Å². The Morgan fingerprint density at radius 1 is 1.41 bits per heavy atom. The first-order valence-corrected chi connectivity index (χ1v) is 10.7. The predicted molar refractivity (Wildman–Crippen MR) is 115 cm³/mol. The van der Waals surface area contributed by atoms with Gasteiger partial charge in [-0.15, -0.1) is 0 Å². The summed E-state index contributed by atoms with van der Waals surface area (Å²) in [5.74, 6) is -0.0713. The van der Waals surface area contributed by atoms with Crippen LogP contribution in [-0.4, -0.2) is 16.5 Å². The summed E-state index contributed by atoms with van der Waals surface area (Å²) < 4.78 is 25.5. The van der Waals surface area contributed by atoms with Crippen molar-refractivity contribution in [3.05, 3.63) is 81.6 Å². The molecule has 0 aliphatic heterocycles. The molecule has 1 N–H and O–H groups in total. The summed E-state index contributed by atoms with van der Waals surface area (Å²) in [6.07, 6.45) is 14.2. The fraction of sp³-hybridized carbons (Fsp3) is 0.348. The van der Waals surface area contributed by atoms with Crippen molar-refractivity contribution in [1.29, 1.82) is 5.41 Å². The van der Waals surface area contributed by atoms with Gasteiger partial charge in [0.2, 0.25) is 0 Å². The molecule has 0 aromatic carbocycles. The Labute approximate surface area is 165 Å². The second kappa shape index (κ2) is 9.34. The quantitative estimate of drug-likeness (QED) is 0.314. The first-order chi connectivity index (χ1) is 12.8. The van der Waals surface area contributed by atoms with Gasteiger partial charge in [0.15, 0.2) is 4.91 Å². The van der Waals surface area contributed by atoms with E-state index in [4.69, 9.17) is 5.41 Å². The average molecular weight is 386 g/mol. The maximum absolute atomic E-state index is 13.9. The molecule has 0 fully saturated rings. The molecule has 0 bridgehead atoms. The Bertz CT molecular complexity index is 821. The molecule has 144 valence electrons. The third-order valence-corrected chi connectivity index (χ3v) is 6.05. The monoisotopic (exact) mass is 385 g/mol. The Balaban J connectivity index is 2.44. The fourth-order valence-electron chi connectivity index (χ4n) is 3.48. The topological polar surface area (TPSA) is 46.9 Å². The molecule has 2 atom stereocenters. The standard InChI is InChI=1S/C23H28FNOS/c1-6-18(25)14-22-16(4)21(20-11-9-17(24)13-23(20)22)12-15(3)8-10-19(7-2)27(5)26/h7-12,23,25H,2,6,13-14H2,1,3-5H3/b15-8+,19-10+,21-12-,25-18?. The molecule has 0 spiro atoms.